The summed E-state index contributed by atoms with van der Waals surface area (Å²) in [6.07, 6.45) is 5.71. The van der Waals surface area contributed by atoms with E-state index in [0.717, 1.165) is 29.4 Å². The van der Waals surface area contributed by atoms with Crippen LogP contribution < -0.4 is 5.32 Å². The van der Waals surface area contributed by atoms with Gasteiger partial charge < -0.3 is 14.8 Å². The van der Waals surface area contributed by atoms with E-state index in [-0.39, 0.29) is 0 Å². The molecule has 2 fully saturated rings. The van der Waals surface area contributed by atoms with E-state index in [1.165, 1.54) is 12.8 Å². The van der Waals surface area contributed by atoms with E-state index in [0.29, 0.717) is 12.1 Å². The fraction of sp³-hybridized carbons (Fsp3) is 0.467. The van der Waals surface area contributed by atoms with Crippen LogP contribution in [0.1, 0.15) is 31.2 Å². The van der Waals surface area contributed by atoms with Crippen LogP contribution in [0.2, 0.25) is 0 Å². The van der Waals surface area contributed by atoms with Crippen LogP contribution in [0.3, 0.4) is 0 Å². The minimum absolute atomic E-state index is 0.461. The normalized spacial score (nSPS) is 35.2. The summed E-state index contributed by atoms with van der Waals surface area (Å²) in [7, 11) is 0. The van der Waals surface area contributed by atoms with E-state index in [4.69, 9.17) is 4.42 Å². The number of furan rings is 1. The van der Waals surface area contributed by atoms with Crippen LogP contribution in [0.4, 0.5) is 0 Å². The Morgan fingerprint density at radius 2 is 1.89 bits per heavy atom. The van der Waals surface area contributed by atoms with Crippen molar-refractivity contribution in [2.75, 3.05) is 0 Å². The quantitative estimate of drug-likeness (QED) is 0.809. The minimum Gasteiger partial charge on any atom is -0.464 e. The van der Waals surface area contributed by atoms with Gasteiger partial charge in [0, 0.05) is 23.0 Å². The van der Waals surface area contributed by atoms with Crippen molar-refractivity contribution < 1.29 is 9.52 Å². The first-order valence-corrected chi connectivity index (χ1v) is 6.70. The van der Waals surface area contributed by atoms with E-state index < -0.39 is 5.60 Å². The van der Waals surface area contributed by atoms with Crippen molar-refractivity contribution in [2.24, 2.45) is 0 Å². The minimum atomic E-state index is -0.719. The summed E-state index contributed by atoms with van der Waals surface area (Å²) >= 11 is 0. The van der Waals surface area contributed by atoms with Crippen molar-refractivity contribution in [1.29, 1.82) is 0 Å². The Bertz CT molecular complexity index is 577. The number of hydrogen-bond acceptors (Lipinski definition) is 3. The van der Waals surface area contributed by atoms with Crippen molar-refractivity contribution in [3.63, 3.8) is 0 Å². The molecule has 3 heterocycles. The second kappa shape index (κ2) is 3.59. The molecule has 94 valence electrons. The van der Waals surface area contributed by atoms with Gasteiger partial charge in [0.1, 0.15) is 5.58 Å². The van der Waals surface area contributed by atoms with Crippen molar-refractivity contribution in [3.8, 4) is 0 Å². The number of rotatable bonds is 1. The predicted octanol–water partition coefficient (Wildman–Crippen LogP) is 2.53. The summed E-state index contributed by atoms with van der Waals surface area (Å²) in [6, 6.07) is 8.88. The van der Waals surface area contributed by atoms with Gasteiger partial charge in [-0.05, 0) is 31.7 Å². The van der Waals surface area contributed by atoms with Crippen LogP contribution >= 0.6 is 0 Å². The average molecular weight is 243 g/mol. The molecule has 2 aliphatic heterocycles. The molecule has 2 atom stereocenters. The number of hydrogen-bond donors (Lipinski definition) is 2. The zero-order chi connectivity index (χ0) is 12.2. The average Bonchev–Trinajstić information content (AvgIpc) is 2.93. The molecule has 0 radical (unpaired) electrons. The van der Waals surface area contributed by atoms with E-state index in [1.807, 2.05) is 24.3 Å². The Morgan fingerprint density at radius 1 is 1.17 bits per heavy atom. The maximum Gasteiger partial charge on any atom is 0.134 e. The van der Waals surface area contributed by atoms with Gasteiger partial charge in [0.15, 0.2) is 0 Å². The monoisotopic (exact) mass is 243 g/mol. The molecule has 0 aliphatic carbocycles. The number of piperidine rings is 1. The van der Waals surface area contributed by atoms with Crippen molar-refractivity contribution in [2.45, 2.75) is 43.4 Å². The highest BCUT2D eigenvalue weighted by atomic mass is 16.3. The Kier molecular flexibility index (Phi) is 2.11. The lowest BCUT2D eigenvalue weighted by Gasteiger charge is -2.36. The summed E-state index contributed by atoms with van der Waals surface area (Å²) < 4.78 is 5.58. The zero-order valence-electron chi connectivity index (χ0n) is 10.2. The zero-order valence-corrected chi connectivity index (χ0v) is 10.2. The standard InChI is InChI=1S/C15H17NO2/c17-15(7-10-5-6-11(8-15)16-10)13-9-18-14-4-2-1-3-12(13)14/h1-4,9-11,16-17H,5-8H2. The van der Waals surface area contributed by atoms with Crippen molar-refractivity contribution in [1.82, 2.24) is 5.32 Å². The molecule has 18 heavy (non-hydrogen) atoms. The molecule has 3 nitrogen and oxygen atoms in total. The van der Waals surface area contributed by atoms with Gasteiger partial charge in [0.25, 0.3) is 0 Å². The van der Waals surface area contributed by atoms with Gasteiger partial charge in [-0.15, -0.1) is 0 Å². The van der Waals surface area contributed by atoms with E-state index in [9.17, 15) is 5.11 Å². The number of para-hydroxylation sites is 1. The molecule has 2 unspecified atom stereocenters. The molecule has 2 aromatic rings. The Hall–Kier alpha value is -1.32. The smallest absolute Gasteiger partial charge is 0.134 e. The molecule has 2 saturated heterocycles. The van der Waals surface area contributed by atoms with E-state index in [1.54, 1.807) is 6.26 Å². The maximum atomic E-state index is 11.0. The molecule has 2 bridgehead atoms. The first-order valence-electron chi connectivity index (χ1n) is 6.70. The number of fused-ring (bicyclic) bond motifs is 3. The van der Waals surface area contributed by atoms with Crippen LogP contribution in [0.5, 0.6) is 0 Å². The lowest BCUT2D eigenvalue weighted by Crippen LogP contribution is -2.46. The SMILES string of the molecule is OC1(c2coc3ccccc23)CC2CCC(C1)N2. The summed E-state index contributed by atoms with van der Waals surface area (Å²) in [5.74, 6) is 0. The first-order chi connectivity index (χ1) is 8.74. The summed E-state index contributed by atoms with van der Waals surface area (Å²) in [5, 5.41) is 15.6. The van der Waals surface area contributed by atoms with Gasteiger partial charge >= 0.3 is 0 Å². The van der Waals surface area contributed by atoms with Crippen LogP contribution in [0.25, 0.3) is 11.0 Å². The predicted molar refractivity (Wildman–Crippen MR) is 69.3 cm³/mol. The van der Waals surface area contributed by atoms with Crippen molar-refractivity contribution >= 4 is 11.0 Å². The van der Waals surface area contributed by atoms with Gasteiger partial charge in [0.05, 0.1) is 11.9 Å². The highest BCUT2D eigenvalue weighted by Crippen LogP contribution is 2.43. The molecule has 4 rings (SSSR count). The highest BCUT2D eigenvalue weighted by molar-refractivity contribution is 5.81. The Labute approximate surface area is 106 Å². The van der Waals surface area contributed by atoms with Gasteiger partial charge in [-0.25, -0.2) is 0 Å². The maximum absolute atomic E-state index is 11.0. The molecule has 2 aliphatic rings. The summed E-state index contributed by atoms with van der Waals surface area (Å²) in [6.45, 7) is 0. The second-order valence-corrected chi connectivity index (χ2v) is 5.72. The largest absolute Gasteiger partial charge is 0.464 e. The summed E-state index contributed by atoms with van der Waals surface area (Å²) in [5.41, 5.74) is 1.12. The Morgan fingerprint density at radius 3 is 2.67 bits per heavy atom. The van der Waals surface area contributed by atoms with Crippen LogP contribution in [0.15, 0.2) is 34.9 Å². The van der Waals surface area contributed by atoms with Gasteiger partial charge in [0.2, 0.25) is 0 Å². The lowest BCUT2D eigenvalue weighted by atomic mass is 9.81. The molecule has 0 spiro atoms. The third-order valence-electron chi connectivity index (χ3n) is 4.49. The molecule has 0 amide bonds. The van der Waals surface area contributed by atoms with Crippen molar-refractivity contribution in [3.05, 3.63) is 36.1 Å². The first kappa shape index (κ1) is 10.6. The third kappa shape index (κ3) is 1.44. The molecule has 1 aromatic heterocycles. The molecule has 2 N–H and O–H groups in total. The Balaban J connectivity index is 1.82. The van der Waals surface area contributed by atoms with Crippen LogP contribution in [-0.2, 0) is 5.60 Å². The molecule has 3 heteroatoms. The fourth-order valence-corrected chi connectivity index (χ4v) is 3.68. The number of aliphatic hydroxyl groups is 1. The van der Waals surface area contributed by atoms with Gasteiger partial charge in [-0.2, -0.15) is 0 Å². The number of nitrogens with one attached hydrogen (secondary N) is 1. The lowest BCUT2D eigenvalue weighted by molar-refractivity contribution is -0.0107. The molecular formula is C15H17NO2. The fourth-order valence-electron chi connectivity index (χ4n) is 3.68. The number of benzene rings is 1. The van der Waals surface area contributed by atoms with Crippen LogP contribution in [-0.4, -0.2) is 17.2 Å². The second-order valence-electron chi connectivity index (χ2n) is 5.72. The summed E-state index contributed by atoms with van der Waals surface area (Å²) in [4.78, 5) is 0. The van der Waals surface area contributed by atoms with Crippen LogP contribution in [0, 0.1) is 0 Å². The van der Waals surface area contributed by atoms with E-state index >= 15 is 0 Å². The molecule has 0 saturated carbocycles. The molecule has 1 aromatic carbocycles. The molecular weight excluding hydrogens is 226 g/mol. The van der Waals surface area contributed by atoms with Gasteiger partial charge in [-0.3, -0.25) is 0 Å². The topological polar surface area (TPSA) is 45.4 Å². The van der Waals surface area contributed by atoms with Gasteiger partial charge in [-0.1, -0.05) is 18.2 Å². The highest BCUT2D eigenvalue weighted by Gasteiger charge is 2.44. The van der Waals surface area contributed by atoms with E-state index in [2.05, 4.69) is 5.32 Å². The third-order valence-corrected chi connectivity index (χ3v) is 4.49.